The van der Waals surface area contributed by atoms with Gasteiger partial charge in [-0.2, -0.15) is 0 Å². The normalized spacial score (nSPS) is 10.8. The molecule has 5 nitrogen and oxygen atoms in total. The van der Waals surface area contributed by atoms with Gasteiger partial charge in [0.05, 0.1) is 5.69 Å². The summed E-state index contributed by atoms with van der Waals surface area (Å²) in [5.41, 5.74) is 2.69. The van der Waals surface area contributed by atoms with E-state index < -0.39 is 0 Å². The average Bonchev–Trinajstić information content (AvgIpc) is 3.08. The number of carbonyl (C=O) groups is 1. The Morgan fingerprint density at radius 3 is 3.05 bits per heavy atom. The van der Waals surface area contributed by atoms with E-state index in [1.807, 2.05) is 65.4 Å². The zero-order valence-corrected chi connectivity index (χ0v) is 13.4. The molecule has 1 amide bonds. The molecule has 0 radical (unpaired) electrons. The molecule has 0 saturated carbocycles. The Balaban J connectivity index is 1.58. The maximum Gasteiger partial charge on any atom is 0.251 e. The van der Waals surface area contributed by atoms with Crippen molar-refractivity contribution in [2.75, 3.05) is 25.5 Å². The van der Waals surface area contributed by atoms with E-state index in [0.29, 0.717) is 12.1 Å². The van der Waals surface area contributed by atoms with E-state index in [-0.39, 0.29) is 5.91 Å². The first-order chi connectivity index (χ1) is 10.6. The number of anilines is 1. The Kier molecular flexibility index (Phi) is 4.11. The van der Waals surface area contributed by atoms with Gasteiger partial charge in [0.25, 0.3) is 5.91 Å². The topological polar surface area (TPSA) is 49.6 Å². The lowest BCUT2D eigenvalue weighted by molar-refractivity contribution is 0.0954. The van der Waals surface area contributed by atoms with Crippen LogP contribution in [0.25, 0.3) is 4.96 Å². The van der Waals surface area contributed by atoms with Crippen molar-refractivity contribution < 1.29 is 4.79 Å². The number of thiazole rings is 1. The van der Waals surface area contributed by atoms with Crippen LogP contribution in [0.3, 0.4) is 0 Å². The zero-order valence-electron chi connectivity index (χ0n) is 12.6. The Morgan fingerprint density at radius 1 is 1.41 bits per heavy atom. The summed E-state index contributed by atoms with van der Waals surface area (Å²) in [4.78, 5) is 19.6. The second-order valence-electron chi connectivity index (χ2n) is 5.28. The minimum absolute atomic E-state index is 0.0512. The number of amides is 1. The molecule has 0 aliphatic rings. The van der Waals surface area contributed by atoms with Crippen LogP contribution in [-0.4, -0.2) is 35.9 Å². The quantitative estimate of drug-likeness (QED) is 0.787. The van der Waals surface area contributed by atoms with Crippen LogP contribution in [0.5, 0.6) is 0 Å². The number of benzene rings is 1. The van der Waals surface area contributed by atoms with Crippen LogP contribution in [0.2, 0.25) is 0 Å². The van der Waals surface area contributed by atoms with E-state index in [2.05, 4.69) is 10.3 Å². The molecule has 1 N–H and O–H groups in total. The van der Waals surface area contributed by atoms with Crippen molar-refractivity contribution in [3.05, 3.63) is 53.3 Å². The van der Waals surface area contributed by atoms with E-state index in [9.17, 15) is 4.79 Å². The lowest BCUT2D eigenvalue weighted by Crippen LogP contribution is -2.26. The average molecular weight is 314 g/mol. The van der Waals surface area contributed by atoms with E-state index >= 15 is 0 Å². The number of carbonyl (C=O) groups excluding carboxylic acids is 1. The molecule has 0 atom stereocenters. The maximum absolute atomic E-state index is 12.2. The molecule has 6 heteroatoms. The summed E-state index contributed by atoms with van der Waals surface area (Å²) in [7, 11) is 3.92. The number of hydrogen-bond donors (Lipinski definition) is 1. The summed E-state index contributed by atoms with van der Waals surface area (Å²) in [6.45, 7) is 0.579. The number of nitrogens with one attached hydrogen (secondary N) is 1. The SMILES string of the molecule is CN(C)c1cccc(C(=O)NCCc2cn3ccsc3n2)c1. The maximum atomic E-state index is 12.2. The van der Waals surface area contributed by atoms with Gasteiger partial charge in [0, 0.05) is 56.1 Å². The molecule has 0 saturated heterocycles. The fourth-order valence-corrected chi connectivity index (χ4v) is 2.95. The molecule has 0 fully saturated rings. The molecule has 114 valence electrons. The van der Waals surface area contributed by atoms with Gasteiger partial charge in [-0.3, -0.25) is 9.20 Å². The largest absolute Gasteiger partial charge is 0.378 e. The van der Waals surface area contributed by atoms with Crippen LogP contribution in [0, 0.1) is 0 Å². The number of fused-ring (bicyclic) bond motifs is 1. The van der Waals surface area contributed by atoms with Crippen molar-refractivity contribution in [3.63, 3.8) is 0 Å². The monoisotopic (exact) mass is 314 g/mol. The van der Waals surface area contributed by atoms with E-state index in [1.165, 1.54) is 0 Å². The summed E-state index contributed by atoms with van der Waals surface area (Å²) in [5, 5.41) is 4.95. The van der Waals surface area contributed by atoms with Gasteiger partial charge in [0.15, 0.2) is 4.96 Å². The molecule has 0 aliphatic carbocycles. The van der Waals surface area contributed by atoms with Gasteiger partial charge in [-0.05, 0) is 18.2 Å². The molecular weight excluding hydrogens is 296 g/mol. The molecule has 22 heavy (non-hydrogen) atoms. The fourth-order valence-electron chi connectivity index (χ4n) is 2.23. The number of imidazole rings is 1. The molecule has 2 heterocycles. The summed E-state index contributed by atoms with van der Waals surface area (Å²) in [5.74, 6) is -0.0512. The molecular formula is C16H18N4OS. The highest BCUT2D eigenvalue weighted by atomic mass is 32.1. The summed E-state index contributed by atoms with van der Waals surface area (Å²) < 4.78 is 2.00. The van der Waals surface area contributed by atoms with Gasteiger partial charge in [0.2, 0.25) is 0 Å². The predicted molar refractivity (Wildman–Crippen MR) is 89.9 cm³/mol. The fraction of sp³-hybridized carbons (Fsp3) is 0.250. The number of rotatable bonds is 5. The van der Waals surface area contributed by atoms with Crippen LogP contribution in [-0.2, 0) is 6.42 Å². The highest BCUT2D eigenvalue weighted by Crippen LogP contribution is 2.14. The molecule has 0 spiro atoms. The Hall–Kier alpha value is -2.34. The standard InChI is InChI=1S/C16H18N4OS/c1-19(2)14-5-3-4-12(10-14)15(21)17-7-6-13-11-20-8-9-22-16(20)18-13/h3-5,8-11H,6-7H2,1-2H3,(H,17,21). The smallest absolute Gasteiger partial charge is 0.251 e. The molecule has 2 aromatic heterocycles. The third-order valence-corrected chi connectivity index (χ3v) is 4.21. The second-order valence-corrected chi connectivity index (χ2v) is 6.15. The predicted octanol–water partition coefficient (Wildman–Crippen LogP) is 2.43. The van der Waals surface area contributed by atoms with Crippen molar-refractivity contribution in [2.45, 2.75) is 6.42 Å². The molecule has 0 bridgehead atoms. The Morgan fingerprint density at radius 2 is 2.27 bits per heavy atom. The number of hydrogen-bond acceptors (Lipinski definition) is 4. The van der Waals surface area contributed by atoms with E-state index in [0.717, 1.165) is 22.8 Å². The van der Waals surface area contributed by atoms with Crippen molar-refractivity contribution in [1.29, 1.82) is 0 Å². The summed E-state index contributed by atoms with van der Waals surface area (Å²) in [6.07, 6.45) is 4.72. The highest BCUT2D eigenvalue weighted by molar-refractivity contribution is 7.15. The van der Waals surface area contributed by atoms with Gasteiger partial charge in [-0.25, -0.2) is 4.98 Å². The van der Waals surface area contributed by atoms with Crippen molar-refractivity contribution in [1.82, 2.24) is 14.7 Å². The highest BCUT2D eigenvalue weighted by Gasteiger charge is 2.07. The molecule has 0 unspecified atom stereocenters. The first-order valence-electron chi connectivity index (χ1n) is 7.10. The third-order valence-electron chi connectivity index (χ3n) is 3.43. The molecule has 0 aliphatic heterocycles. The number of aromatic nitrogens is 2. The third kappa shape index (κ3) is 3.12. The van der Waals surface area contributed by atoms with Gasteiger partial charge < -0.3 is 10.2 Å². The summed E-state index contributed by atoms with van der Waals surface area (Å²) >= 11 is 1.61. The van der Waals surface area contributed by atoms with Gasteiger partial charge in [0.1, 0.15) is 0 Å². The van der Waals surface area contributed by atoms with Gasteiger partial charge >= 0.3 is 0 Å². The Labute approximate surface area is 133 Å². The minimum atomic E-state index is -0.0512. The van der Waals surface area contributed by atoms with Crippen molar-refractivity contribution in [2.24, 2.45) is 0 Å². The summed E-state index contributed by atoms with van der Waals surface area (Å²) in [6, 6.07) is 7.60. The van der Waals surface area contributed by atoms with Crippen molar-refractivity contribution >= 4 is 27.9 Å². The Bertz CT molecular complexity index is 762. The van der Waals surface area contributed by atoms with Crippen LogP contribution in [0.15, 0.2) is 42.0 Å². The first-order valence-corrected chi connectivity index (χ1v) is 7.98. The molecule has 3 aromatic rings. The van der Waals surface area contributed by atoms with E-state index in [4.69, 9.17) is 0 Å². The minimum Gasteiger partial charge on any atom is -0.378 e. The lowest BCUT2D eigenvalue weighted by atomic mass is 10.2. The van der Waals surface area contributed by atoms with Gasteiger partial charge in [-0.15, -0.1) is 11.3 Å². The van der Waals surface area contributed by atoms with Crippen LogP contribution in [0.1, 0.15) is 16.1 Å². The van der Waals surface area contributed by atoms with Crippen LogP contribution >= 0.6 is 11.3 Å². The second kappa shape index (κ2) is 6.19. The number of nitrogens with zero attached hydrogens (tertiary/aromatic N) is 3. The zero-order chi connectivity index (χ0) is 15.5. The van der Waals surface area contributed by atoms with Crippen LogP contribution in [0.4, 0.5) is 5.69 Å². The first kappa shape index (κ1) is 14.6. The van der Waals surface area contributed by atoms with Crippen molar-refractivity contribution in [3.8, 4) is 0 Å². The van der Waals surface area contributed by atoms with Gasteiger partial charge in [-0.1, -0.05) is 6.07 Å². The van der Waals surface area contributed by atoms with Crippen LogP contribution < -0.4 is 10.2 Å². The lowest BCUT2D eigenvalue weighted by Gasteiger charge is -2.13. The van der Waals surface area contributed by atoms with E-state index in [1.54, 1.807) is 11.3 Å². The molecule has 1 aromatic carbocycles. The molecule has 3 rings (SSSR count).